The van der Waals surface area contributed by atoms with Gasteiger partial charge >= 0.3 is 0 Å². The summed E-state index contributed by atoms with van der Waals surface area (Å²) in [6, 6.07) is 0.0798. The van der Waals surface area contributed by atoms with Gasteiger partial charge in [-0.1, -0.05) is 13.8 Å². The summed E-state index contributed by atoms with van der Waals surface area (Å²) in [7, 11) is -2.83. The lowest BCUT2D eigenvalue weighted by Gasteiger charge is -2.17. The quantitative estimate of drug-likeness (QED) is 0.724. The van der Waals surface area contributed by atoms with E-state index in [1.54, 1.807) is 6.92 Å². The second kappa shape index (κ2) is 5.30. The predicted octanol–water partition coefficient (Wildman–Crippen LogP) is 1.45. The van der Waals surface area contributed by atoms with Gasteiger partial charge in [-0.3, -0.25) is 0 Å². The Hall–Kier alpha value is -0.0900. The van der Waals surface area contributed by atoms with E-state index >= 15 is 0 Å². The molecule has 0 saturated heterocycles. The number of nitrogens with one attached hydrogen (secondary N) is 1. The van der Waals surface area contributed by atoms with Crippen LogP contribution in [0.5, 0.6) is 0 Å². The van der Waals surface area contributed by atoms with Gasteiger partial charge in [-0.15, -0.1) is 0 Å². The Morgan fingerprint density at radius 2 is 1.93 bits per heavy atom. The molecule has 1 rings (SSSR count). The van der Waals surface area contributed by atoms with Crippen molar-refractivity contribution in [1.29, 1.82) is 0 Å². The highest BCUT2D eigenvalue weighted by Gasteiger charge is 2.27. The van der Waals surface area contributed by atoms with Crippen molar-refractivity contribution in [3.05, 3.63) is 0 Å². The van der Waals surface area contributed by atoms with Crippen molar-refractivity contribution in [2.75, 3.05) is 18.1 Å². The third-order valence-corrected chi connectivity index (χ3v) is 5.05. The molecule has 2 atom stereocenters. The van der Waals surface area contributed by atoms with Crippen LogP contribution in [0.25, 0.3) is 0 Å². The third kappa shape index (κ3) is 4.98. The Kier molecular flexibility index (Phi) is 4.59. The molecule has 0 aliphatic heterocycles. The zero-order valence-electron chi connectivity index (χ0n) is 9.99. The normalized spacial score (nSPS) is 21.3. The molecule has 0 aromatic carbocycles. The van der Waals surface area contributed by atoms with Crippen LogP contribution in [0.1, 0.15) is 33.6 Å². The number of sulfone groups is 1. The van der Waals surface area contributed by atoms with Crippen molar-refractivity contribution in [1.82, 2.24) is 5.32 Å². The Balaban J connectivity index is 2.20. The fourth-order valence-electron chi connectivity index (χ4n) is 1.78. The molecule has 0 spiro atoms. The van der Waals surface area contributed by atoms with E-state index in [-0.39, 0.29) is 17.5 Å². The van der Waals surface area contributed by atoms with E-state index in [1.165, 1.54) is 12.8 Å². The van der Waals surface area contributed by atoms with Crippen molar-refractivity contribution >= 4 is 9.84 Å². The van der Waals surface area contributed by atoms with Crippen LogP contribution in [-0.2, 0) is 9.84 Å². The van der Waals surface area contributed by atoms with Crippen LogP contribution < -0.4 is 5.32 Å². The third-order valence-electron chi connectivity index (χ3n) is 3.16. The first-order valence-corrected chi connectivity index (χ1v) is 7.70. The van der Waals surface area contributed by atoms with E-state index < -0.39 is 9.84 Å². The lowest BCUT2D eigenvalue weighted by atomic mass is 10.1. The largest absolute Gasteiger partial charge is 0.313 e. The molecule has 0 heterocycles. The number of rotatable bonds is 7. The number of hydrogen-bond donors (Lipinski definition) is 1. The van der Waals surface area contributed by atoms with Gasteiger partial charge in [0, 0.05) is 11.8 Å². The molecule has 1 aliphatic rings. The maximum atomic E-state index is 11.4. The molecule has 1 fully saturated rings. The molecular weight excluding hydrogens is 210 g/mol. The molecule has 2 unspecified atom stereocenters. The summed E-state index contributed by atoms with van der Waals surface area (Å²) in [5.74, 6) is 2.09. The number of hydrogen-bond acceptors (Lipinski definition) is 3. The van der Waals surface area contributed by atoms with Gasteiger partial charge in [0.1, 0.15) is 0 Å². The molecule has 0 amide bonds. The lowest BCUT2D eigenvalue weighted by molar-refractivity contribution is 0.436. The molecule has 3 nitrogen and oxygen atoms in total. The van der Waals surface area contributed by atoms with Gasteiger partial charge < -0.3 is 5.32 Å². The van der Waals surface area contributed by atoms with Crippen LogP contribution in [0.15, 0.2) is 0 Å². The molecule has 0 aromatic rings. The van der Waals surface area contributed by atoms with Crippen LogP contribution >= 0.6 is 0 Å². The van der Waals surface area contributed by atoms with E-state index in [2.05, 4.69) is 12.2 Å². The van der Waals surface area contributed by atoms with Gasteiger partial charge in [0.05, 0.1) is 5.75 Å². The smallest absolute Gasteiger partial charge is 0.151 e. The van der Waals surface area contributed by atoms with Crippen LogP contribution in [0.4, 0.5) is 0 Å². The highest BCUT2D eigenvalue weighted by Crippen LogP contribution is 2.36. The lowest BCUT2D eigenvalue weighted by Crippen LogP contribution is -2.36. The van der Waals surface area contributed by atoms with Crippen LogP contribution in [0, 0.1) is 11.8 Å². The van der Waals surface area contributed by atoms with Crippen molar-refractivity contribution in [2.45, 2.75) is 39.7 Å². The van der Waals surface area contributed by atoms with E-state index in [0.717, 1.165) is 12.5 Å². The van der Waals surface area contributed by atoms with Gasteiger partial charge in [-0.25, -0.2) is 8.42 Å². The average Bonchev–Trinajstić information content (AvgIpc) is 2.96. The monoisotopic (exact) mass is 233 g/mol. The van der Waals surface area contributed by atoms with Crippen LogP contribution in [0.2, 0.25) is 0 Å². The molecule has 0 bridgehead atoms. The van der Waals surface area contributed by atoms with Gasteiger partial charge in [-0.05, 0) is 38.1 Å². The van der Waals surface area contributed by atoms with Crippen molar-refractivity contribution in [3.63, 3.8) is 0 Å². The minimum Gasteiger partial charge on any atom is -0.313 e. The minimum atomic E-state index is -2.83. The van der Waals surface area contributed by atoms with Crippen molar-refractivity contribution in [2.24, 2.45) is 11.8 Å². The minimum absolute atomic E-state index is 0.0798. The highest BCUT2D eigenvalue weighted by atomic mass is 32.2. The topological polar surface area (TPSA) is 46.2 Å². The molecule has 15 heavy (non-hydrogen) atoms. The zero-order chi connectivity index (χ0) is 11.5. The Labute approximate surface area is 93.6 Å². The summed E-state index contributed by atoms with van der Waals surface area (Å²) >= 11 is 0. The highest BCUT2D eigenvalue weighted by molar-refractivity contribution is 7.91. The Morgan fingerprint density at radius 3 is 2.40 bits per heavy atom. The van der Waals surface area contributed by atoms with E-state index in [1.807, 2.05) is 6.92 Å². The summed E-state index contributed by atoms with van der Waals surface area (Å²) in [4.78, 5) is 0. The van der Waals surface area contributed by atoms with E-state index in [0.29, 0.717) is 5.92 Å². The van der Waals surface area contributed by atoms with Crippen molar-refractivity contribution in [3.8, 4) is 0 Å². The zero-order valence-corrected chi connectivity index (χ0v) is 10.8. The van der Waals surface area contributed by atoms with E-state index in [9.17, 15) is 8.42 Å². The molecular formula is C11H23NO2S. The first kappa shape index (κ1) is 13.0. The van der Waals surface area contributed by atoms with E-state index in [4.69, 9.17) is 0 Å². The summed E-state index contributed by atoms with van der Waals surface area (Å²) in [6.07, 6.45) is 2.70. The molecule has 0 aromatic heterocycles. The summed E-state index contributed by atoms with van der Waals surface area (Å²) in [5.41, 5.74) is 0. The van der Waals surface area contributed by atoms with Crippen LogP contribution in [0.3, 0.4) is 0 Å². The Morgan fingerprint density at radius 1 is 1.33 bits per heavy atom. The predicted molar refractivity (Wildman–Crippen MR) is 63.7 cm³/mol. The SMILES string of the molecule is CCS(=O)(=O)CC(C)NCC(C)C1CC1. The standard InChI is InChI=1S/C11H23NO2S/c1-4-15(13,14)8-10(3)12-7-9(2)11-5-6-11/h9-12H,4-8H2,1-3H3. The van der Waals surface area contributed by atoms with Gasteiger partial charge in [0.2, 0.25) is 0 Å². The fraction of sp³-hybridized carbons (Fsp3) is 1.00. The van der Waals surface area contributed by atoms with Crippen molar-refractivity contribution < 1.29 is 8.42 Å². The fourth-order valence-corrected chi connectivity index (χ4v) is 2.89. The average molecular weight is 233 g/mol. The molecule has 0 radical (unpaired) electrons. The van der Waals surface area contributed by atoms with Crippen LogP contribution in [-0.4, -0.2) is 32.5 Å². The first-order chi connectivity index (χ1) is 6.94. The van der Waals surface area contributed by atoms with Gasteiger partial charge in [-0.2, -0.15) is 0 Å². The van der Waals surface area contributed by atoms with Gasteiger partial charge in [0.25, 0.3) is 0 Å². The second-order valence-electron chi connectivity index (χ2n) is 4.82. The maximum Gasteiger partial charge on any atom is 0.151 e. The molecule has 4 heteroatoms. The Bertz CT molecular complexity index is 283. The first-order valence-electron chi connectivity index (χ1n) is 5.88. The molecule has 1 saturated carbocycles. The molecule has 1 N–H and O–H groups in total. The second-order valence-corrected chi connectivity index (χ2v) is 7.22. The summed E-state index contributed by atoms with van der Waals surface area (Å²) in [6.45, 7) is 6.85. The summed E-state index contributed by atoms with van der Waals surface area (Å²) in [5, 5.41) is 3.31. The summed E-state index contributed by atoms with van der Waals surface area (Å²) < 4.78 is 22.7. The van der Waals surface area contributed by atoms with Gasteiger partial charge in [0.15, 0.2) is 9.84 Å². The molecule has 90 valence electrons. The maximum absolute atomic E-state index is 11.4. The molecule has 1 aliphatic carbocycles.